The molecule has 0 bridgehead atoms. The van der Waals surface area contributed by atoms with E-state index in [4.69, 9.17) is 4.42 Å². The summed E-state index contributed by atoms with van der Waals surface area (Å²) in [4.78, 5) is 11.7. The van der Waals surface area contributed by atoms with Crippen LogP contribution >= 0.6 is 15.9 Å². The highest BCUT2D eigenvalue weighted by atomic mass is 79.9. The Morgan fingerprint density at radius 1 is 1.24 bits per heavy atom. The van der Waals surface area contributed by atoms with Gasteiger partial charge in [0, 0.05) is 12.5 Å². The van der Waals surface area contributed by atoms with Gasteiger partial charge in [0.25, 0.3) is 0 Å². The van der Waals surface area contributed by atoms with Crippen molar-refractivity contribution in [1.29, 1.82) is 0 Å². The fraction of sp³-hybridized carbons (Fsp3) is 0.0833. The molecule has 2 nitrogen and oxygen atoms in total. The minimum atomic E-state index is -0.732. The van der Waals surface area contributed by atoms with E-state index in [9.17, 15) is 13.6 Å². The van der Waals surface area contributed by atoms with Gasteiger partial charge in [-0.3, -0.25) is 4.79 Å². The molecule has 1 heterocycles. The standard InChI is InChI=1S/C12H7BrF2O2/c13-12-4-3-11(17-12)10(16)5-7-1-2-8(14)6-9(7)15/h1-4,6H,5H2. The van der Waals surface area contributed by atoms with Crippen molar-refractivity contribution in [3.63, 3.8) is 0 Å². The molecule has 2 aromatic rings. The molecule has 1 aromatic heterocycles. The zero-order valence-corrected chi connectivity index (χ0v) is 10.1. The summed E-state index contributed by atoms with van der Waals surface area (Å²) >= 11 is 3.07. The van der Waals surface area contributed by atoms with E-state index < -0.39 is 11.6 Å². The third-order valence-electron chi connectivity index (χ3n) is 2.21. The Morgan fingerprint density at radius 3 is 2.59 bits per heavy atom. The number of benzene rings is 1. The van der Waals surface area contributed by atoms with Crippen LogP contribution in [0.3, 0.4) is 0 Å². The zero-order valence-electron chi connectivity index (χ0n) is 8.54. The third kappa shape index (κ3) is 2.79. The van der Waals surface area contributed by atoms with Crippen molar-refractivity contribution in [3.05, 3.63) is 58.0 Å². The third-order valence-corrected chi connectivity index (χ3v) is 2.64. The maximum absolute atomic E-state index is 13.3. The van der Waals surface area contributed by atoms with Gasteiger partial charge >= 0.3 is 0 Å². The monoisotopic (exact) mass is 300 g/mol. The molecule has 0 amide bonds. The average molecular weight is 301 g/mol. The molecule has 0 saturated carbocycles. The van der Waals surface area contributed by atoms with Gasteiger partial charge in [-0.1, -0.05) is 6.07 Å². The SMILES string of the molecule is O=C(Cc1ccc(F)cc1F)c1ccc(Br)o1. The molecule has 0 radical (unpaired) electrons. The normalized spacial score (nSPS) is 10.5. The second-order valence-corrected chi connectivity index (χ2v) is 4.22. The van der Waals surface area contributed by atoms with Gasteiger partial charge in [-0.25, -0.2) is 8.78 Å². The van der Waals surface area contributed by atoms with Crippen molar-refractivity contribution < 1.29 is 18.0 Å². The van der Waals surface area contributed by atoms with Crippen LogP contribution < -0.4 is 0 Å². The first-order chi connectivity index (χ1) is 8.06. The van der Waals surface area contributed by atoms with Crippen molar-refractivity contribution in [2.45, 2.75) is 6.42 Å². The molecular weight excluding hydrogens is 294 g/mol. The van der Waals surface area contributed by atoms with Crippen LogP contribution in [0, 0.1) is 11.6 Å². The fourth-order valence-electron chi connectivity index (χ4n) is 1.39. The lowest BCUT2D eigenvalue weighted by Gasteiger charge is -2.01. The van der Waals surface area contributed by atoms with Crippen molar-refractivity contribution in [2.75, 3.05) is 0 Å². The summed E-state index contributed by atoms with van der Waals surface area (Å²) in [6, 6.07) is 6.19. The maximum atomic E-state index is 13.3. The highest BCUT2D eigenvalue weighted by Crippen LogP contribution is 2.17. The van der Waals surface area contributed by atoms with E-state index in [2.05, 4.69) is 15.9 Å². The van der Waals surface area contributed by atoms with Crippen LogP contribution in [-0.2, 0) is 6.42 Å². The molecule has 88 valence electrons. The van der Waals surface area contributed by atoms with Crippen LogP contribution in [0.25, 0.3) is 0 Å². The van der Waals surface area contributed by atoms with Crippen molar-refractivity contribution in [1.82, 2.24) is 0 Å². The number of carbonyl (C=O) groups excluding carboxylic acids is 1. The van der Waals surface area contributed by atoms with E-state index in [-0.39, 0.29) is 23.5 Å². The molecule has 0 aliphatic heterocycles. The lowest BCUT2D eigenvalue weighted by atomic mass is 10.1. The molecule has 0 saturated heterocycles. The molecule has 17 heavy (non-hydrogen) atoms. The molecule has 1 aromatic carbocycles. The highest BCUT2D eigenvalue weighted by Gasteiger charge is 2.14. The summed E-state index contributed by atoms with van der Waals surface area (Å²) in [5, 5.41) is 0. The van der Waals surface area contributed by atoms with E-state index in [0.29, 0.717) is 4.67 Å². The maximum Gasteiger partial charge on any atom is 0.202 e. The Balaban J connectivity index is 2.18. The smallest absolute Gasteiger partial charge is 0.202 e. The van der Waals surface area contributed by atoms with E-state index in [1.54, 1.807) is 6.07 Å². The molecule has 0 unspecified atom stereocenters. The van der Waals surface area contributed by atoms with E-state index in [1.807, 2.05) is 0 Å². The van der Waals surface area contributed by atoms with Crippen molar-refractivity contribution in [3.8, 4) is 0 Å². The molecule has 0 fully saturated rings. The van der Waals surface area contributed by atoms with Crippen LogP contribution in [0.4, 0.5) is 8.78 Å². The number of hydrogen-bond acceptors (Lipinski definition) is 2. The van der Waals surface area contributed by atoms with Gasteiger partial charge in [-0.05, 0) is 39.7 Å². The van der Waals surface area contributed by atoms with E-state index in [0.717, 1.165) is 12.1 Å². The van der Waals surface area contributed by atoms with Gasteiger partial charge < -0.3 is 4.42 Å². The summed E-state index contributed by atoms with van der Waals surface area (Å²) in [5.74, 6) is -1.62. The number of Topliss-reactive ketones (excluding diaryl/α,β-unsaturated/α-hetero) is 1. The molecule has 0 spiro atoms. The minimum Gasteiger partial charge on any atom is -0.446 e. The molecule has 5 heteroatoms. The Kier molecular flexibility index (Phi) is 3.38. The van der Waals surface area contributed by atoms with Crippen LogP contribution in [0.1, 0.15) is 16.1 Å². The Bertz CT molecular complexity index is 563. The van der Waals surface area contributed by atoms with Gasteiger partial charge in [0.1, 0.15) is 11.6 Å². The molecule has 0 N–H and O–H groups in total. The van der Waals surface area contributed by atoms with Gasteiger partial charge in [0.2, 0.25) is 5.78 Å². The molecular formula is C12H7BrF2O2. The predicted molar refractivity (Wildman–Crippen MR) is 60.8 cm³/mol. The topological polar surface area (TPSA) is 30.2 Å². The minimum absolute atomic E-state index is 0.139. The molecule has 0 aliphatic rings. The number of furan rings is 1. The number of halogens is 3. The molecule has 0 aliphatic carbocycles. The Morgan fingerprint density at radius 2 is 2.00 bits per heavy atom. The lowest BCUT2D eigenvalue weighted by Crippen LogP contribution is -2.04. The summed E-state index contributed by atoms with van der Waals surface area (Å²) in [6.07, 6.45) is -0.161. The summed E-state index contributed by atoms with van der Waals surface area (Å²) < 4.78 is 31.4. The lowest BCUT2D eigenvalue weighted by molar-refractivity contribution is 0.0964. The predicted octanol–water partition coefficient (Wildman–Crippen LogP) is 3.75. The van der Waals surface area contributed by atoms with Gasteiger partial charge in [0.15, 0.2) is 10.4 Å². The Labute approximate surface area is 104 Å². The largest absolute Gasteiger partial charge is 0.446 e. The van der Waals surface area contributed by atoms with Crippen molar-refractivity contribution in [2.24, 2.45) is 0 Å². The number of hydrogen-bond donors (Lipinski definition) is 0. The molecule has 0 atom stereocenters. The number of rotatable bonds is 3. The van der Waals surface area contributed by atoms with Crippen LogP contribution in [-0.4, -0.2) is 5.78 Å². The van der Waals surface area contributed by atoms with Crippen LogP contribution in [0.2, 0.25) is 0 Å². The first-order valence-corrected chi connectivity index (χ1v) is 5.58. The highest BCUT2D eigenvalue weighted by molar-refractivity contribution is 9.10. The van der Waals surface area contributed by atoms with E-state index in [1.165, 1.54) is 12.1 Å². The van der Waals surface area contributed by atoms with Crippen LogP contribution in [0.5, 0.6) is 0 Å². The van der Waals surface area contributed by atoms with Gasteiger partial charge in [-0.15, -0.1) is 0 Å². The fourth-order valence-corrected chi connectivity index (χ4v) is 1.70. The quantitative estimate of drug-likeness (QED) is 0.808. The summed E-state index contributed by atoms with van der Waals surface area (Å²) in [6.45, 7) is 0. The average Bonchev–Trinajstić information content (AvgIpc) is 2.69. The van der Waals surface area contributed by atoms with Gasteiger partial charge in [0.05, 0.1) is 0 Å². The summed E-state index contributed by atoms with van der Waals surface area (Å²) in [7, 11) is 0. The first kappa shape index (κ1) is 12.0. The number of carbonyl (C=O) groups is 1. The second kappa shape index (κ2) is 4.79. The van der Waals surface area contributed by atoms with E-state index >= 15 is 0 Å². The zero-order chi connectivity index (χ0) is 12.4. The van der Waals surface area contributed by atoms with Crippen LogP contribution in [0.15, 0.2) is 39.4 Å². The second-order valence-electron chi connectivity index (χ2n) is 3.44. The molecule has 2 rings (SSSR count). The number of ketones is 1. The summed E-state index contributed by atoms with van der Waals surface area (Å²) in [5.41, 5.74) is 0.143. The van der Waals surface area contributed by atoms with Crippen molar-refractivity contribution >= 4 is 21.7 Å². The Hall–Kier alpha value is -1.49. The van der Waals surface area contributed by atoms with Gasteiger partial charge in [-0.2, -0.15) is 0 Å². The first-order valence-electron chi connectivity index (χ1n) is 4.79.